The van der Waals surface area contributed by atoms with Crippen molar-refractivity contribution in [3.05, 3.63) is 48.8 Å². The Morgan fingerprint density at radius 1 is 1.15 bits per heavy atom. The molecule has 0 atom stereocenters. The second kappa shape index (κ2) is 7.55. The van der Waals surface area contributed by atoms with Crippen LogP contribution in [0.15, 0.2) is 43.0 Å². The predicted octanol–water partition coefficient (Wildman–Crippen LogP) is 3.30. The van der Waals surface area contributed by atoms with Crippen molar-refractivity contribution >= 4 is 16.9 Å². The van der Waals surface area contributed by atoms with Gasteiger partial charge in [-0.1, -0.05) is 26.0 Å². The van der Waals surface area contributed by atoms with Gasteiger partial charge in [0.25, 0.3) is 0 Å². The number of amides is 1. The topological polar surface area (TPSA) is 56.0 Å². The molecule has 3 heterocycles. The Balaban J connectivity index is 1.33. The van der Waals surface area contributed by atoms with Crippen molar-refractivity contribution in [3.8, 4) is 0 Å². The van der Waals surface area contributed by atoms with Crippen LogP contribution >= 0.6 is 0 Å². The maximum atomic E-state index is 12.7. The van der Waals surface area contributed by atoms with Gasteiger partial charge in [0, 0.05) is 37.9 Å². The number of carbonyl (C=O) groups excluding carboxylic acids is 1. The Labute approximate surface area is 159 Å². The largest absolute Gasteiger partial charge is 0.341 e. The minimum Gasteiger partial charge on any atom is -0.341 e. The first-order valence-electron chi connectivity index (χ1n) is 9.80. The van der Waals surface area contributed by atoms with Crippen LogP contribution in [0.2, 0.25) is 0 Å². The molecule has 0 aliphatic carbocycles. The molecule has 2 aromatic heterocycles. The number of hydrogen-bond donors (Lipinski definition) is 0. The number of aromatic nitrogens is 4. The average Bonchev–Trinajstić information content (AvgIpc) is 3.30. The van der Waals surface area contributed by atoms with Gasteiger partial charge in [-0.15, -0.1) is 0 Å². The average molecular weight is 365 g/mol. The summed E-state index contributed by atoms with van der Waals surface area (Å²) in [5.41, 5.74) is 1.95. The second-order valence-corrected chi connectivity index (χ2v) is 7.78. The van der Waals surface area contributed by atoms with Gasteiger partial charge in [0.05, 0.1) is 17.4 Å². The van der Waals surface area contributed by atoms with Crippen molar-refractivity contribution in [2.24, 2.45) is 5.92 Å². The number of fused-ring (bicyclic) bond motifs is 1. The van der Waals surface area contributed by atoms with Crippen molar-refractivity contribution in [2.75, 3.05) is 13.1 Å². The van der Waals surface area contributed by atoms with E-state index in [1.807, 2.05) is 39.9 Å². The summed E-state index contributed by atoms with van der Waals surface area (Å²) in [6.07, 6.45) is 7.83. The third-order valence-corrected chi connectivity index (χ3v) is 5.52. The van der Waals surface area contributed by atoms with Crippen molar-refractivity contribution in [2.45, 2.75) is 45.7 Å². The molecule has 3 aromatic rings. The zero-order chi connectivity index (χ0) is 18.8. The maximum absolute atomic E-state index is 12.7. The van der Waals surface area contributed by atoms with Gasteiger partial charge in [0.15, 0.2) is 0 Å². The Morgan fingerprint density at radius 2 is 1.93 bits per heavy atom. The summed E-state index contributed by atoms with van der Waals surface area (Å²) in [6, 6.07) is 7.94. The Bertz CT molecular complexity index is 917. The van der Waals surface area contributed by atoms with Crippen LogP contribution in [-0.4, -0.2) is 43.0 Å². The lowest BCUT2D eigenvalue weighted by molar-refractivity contribution is -0.133. The first-order chi connectivity index (χ1) is 13.1. The van der Waals surface area contributed by atoms with Gasteiger partial charge >= 0.3 is 0 Å². The molecule has 0 N–H and O–H groups in total. The number of para-hydroxylation sites is 2. The van der Waals surface area contributed by atoms with Gasteiger partial charge in [0.2, 0.25) is 5.91 Å². The molecule has 27 heavy (non-hydrogen) atoms. The molecule has 0 spiro atoms. The quantitative estimate of drug-likeness (QED) is 0.697. The van der Waals surface area contributed by atoms with Crippen LogP contribution in [0.3, 0.4) is 0 Å². The number of carbonyl (C=O) groups is 1. The summed E-state index contributed by atoms with van der Waals surface area (Å²) < 4.78 is 4.23. The molecular weight excluding hydrogens is 338 g/mol. The van der Waals surface area contributed by atoms with E-state index >= 15 is 0 Å². The maximum Gasteiger partial charge on any atom is 0.242 e. The van der Waals surface area contributed by atoms with Gasteiger partial charge < -0.3 is 14.0 Å². The molecule has 1 aliphatic heterocycles. The normalized spacial score (nSPS) is 15.7. The highest BCUT2D eigenvalue weighted by Gasteiger charge is 2.24. The molecule has 0 saturated carbocycles. The number of imidazole rings is 2. The van der Waals surface area contributed by atoms with E-state index in [-0.39, 0.29) is 5.91 Å². The van der Waals surface area contributed by atoms with Crippen LogP contribution in [0.1, 0.15) is 38.4 Å². The number of piperidine rings is 1. The number of rotatable bonds is 5. The van der Waals surface area contributed by atoms with E-state index < -0.39 is 0 Å². The molecule has 1 aliphatic rings. The lowest BCUT2D eigenvalue weighted by atomic mass is 9.96. The van der Waals surface area contributed by atoms with Crippen molar-refractivity contribution < 1.29 is 4.79 Å². The van der Waals surface area contributed by atoms with Crippen LogP contribution in [0.25, 0.3) is 11.0 Å². The number of benzene rings is 1. The monoisotopic (exact) mass is 365 g/mol. The Kier molecular flexibility index (Phi) is 4.97. The van der Waals surface area contributed by atoms with Crippen LogP contribution < -0.4 is 0 Å². The van der Waals surface area contributed by atoms with Crippen molar-refractivity contribution in [1.82, 2.24) is 24.0 Å². The van der Waals surface area contributed by atoms with Gasteiger partial charge in [-0.3, -0.25) is 4.79 Å². The molecule has 1 fully saturated rings. The molecule has 1 aromatic carbocycles. The molecule has 0 unspecified atom stereocenters. The van der Waals surface area contributed by atoms with Gasteiger partial charge in [-0.25, -0.2) is 9.97 Å². The molecule has 1 amide bonds. The van der Waals surface area contributed by atoms with E-state index in [4.69, 9.17) is 0 Å². The molecule has 6 nitrogen and oxygen atoms in total. The number of hydrogen-bond acceptors (Lipinski definition) is 3. The highest BCUT2D eigenvalue weighted by atomic mass is 16.2. The molecule has 0 bridgehead atoms. The summed E-state index contributed by atoms with van der Waals surface area (Å²) in [5, 5.41) is 0. The molecule has 4 rings (SSSR count). The number of nitrogens with zero attached hydrogens (tertiary/aromatic N) is 5. The fraction of sp³-hybridized carbons (Fsp3) is 0.476. The lowest BCUT2D eigenvalue weighted by Crippen LogP contribution is -2.41. The zero-order valence-corrected chi connectivity index (χ0v) is 16.1. The molecule has 0 radical (unpaired) electrons. The SMILES string of the molecule is CC(C)c1nccn1CC1CCN(C(=O)Cn2cnc3ccccc32)CC1. The molecular formula is C21H27N5O. The fourth-order valence-electron chi connectivity index (χ4n) is 4.00. The number of likely N-dealkylation sites (tertiary alicyclic amines) is 1. The smallest absolute Gasteiger partial charge is 0.242 e. The summed E-state index contributed by atoms with van der Waals surface area (Å²) >= 11 is 0. The molecule has 1 saturated heterocycles. The van der Waals surface area contributed by atoms with Crippen molar-refractivity contribution in [1.29, 1.82) is 0 Å². The molecule has 142 valence electrons. The van der Waals surface area contributed by atoms with E-state index in [0.29, 0.717) is 18.4 Å². The summed E-state index contributed by atoms with van der Waals surface area (Å²) in [5.74, 6) is 2.38. The van der Waals surface area contributed by atoms with Crippen LogP contribution in [0, 0.1) is 5.92 Å². The minimum atomic E-state index is 0.183. The first kappa shape index (κ1) is 17.8. The standard InChI is InChI=1S/C21H27N5O/c1-16(2)21-22-9-12-25(21)13-17-7-10-24(11-8-17)20(27)14-26-15-23-18-5-3-4-6-19(18)26/h3-6,9,12,15-17H,7-8,10-11,13-14H2,1-2H3. The third-order valence-electron chi connectivity index (χ3n) is 5.52. The predicted molar refractivity (Wildman–Crippen MR) is 105 cm³/mol. The van der Waals surface area contributed by atoms with E-state index in [0.717, 1.165) is 49.3 Å². The third kappa shape index (κ3) is 3.75. The van der Waals surface area contributed by atoms with Crippen LogP contribution in [0.4, 0.5) is 0 Å². The van der Waals surface area contributed by atoms with E-state index in [9.17, 15) is 4.79 Å². The summed E-state index contributed by atoms with van der Waals surface area (Å²) in [6.45, 7) is 7.40. The van der Waals surface area contributed by atoms with Crippen LogP contribution in [0.5, 0.6) is 0 Å². The summed E-state index contributed by atoms with van der Waals surface area (Å²) in [7, 11) is 0. The van der Waals surface area contributed by atoms with E-state index in [1.165, 1.54) is 0 Å². The first-order valence-corrected chi connectivity index (χ1v) is 9.80. The zero-order valence-electron chi connectivity index (χ0n) is 16.1. The minimum absolute atomic E-state index is 0.183. The van der Waals surface area contributed by atoms with Crippen molar-refractivity contribution in [3.63, 3.8) is 0 Å². The highest BCUT2D eigenvalue weighted by molar-refractivity contribution is 5.80. The Hall–Kier alpha value is -2.63. The molecule has 6 heteroatoms. The van der Waals surface area contributed by atoms with E-state index in [1.54, 1.807) is 6.33 Å². The van der Waals surface area contributed by atoms with Gasteiger partial charge in [-0.2, -0.15) is 0 Å². The fourth-order valence-corrected chi connectivity index (χ4v) is 4.00. The van der Waals surface area contributed by atoms with Gasteiger partial charge in [0.1, 0.15) is 12.4 Å². The summed E-state index contributed by atoms with van der Waals surface area (Å²) in [4.78, 5) is 23.6. The van der Waals surface area contributed by atoms with Gasteiger partial charge in [-0.05, 0) is 30.9 Å². The van der Waals surface area contributed by atoms with E-state index in [2.05, 4.69) is 34.6 Å². The highest BCUT2D eigenvalue weighted by Crippen LogP contribution is 2.22. The second-order valence-electron chi connectivity index (χ2n) is 7.78. The lowest BCUT2D eigenvalue weighted by Gasteiger charge is -2.32. The van der Waals surface area contributed by atoms with Crippen LogP contribution in [-0.2, 0) is 17.9 Å². The Morgan fingerprint density at radius 3 is 2.70 bits per heavy atom.